The van der Waals surface area contributed by atoms with Crippen molar-refractivity contribution < 1.29 is 9.59 Å². The number of hydrogen-bond acceptors (Lipinski definition) is 3. The number of nitrogens with one attached hydrogen (secondary N) is 2. The first-order valence-corrected chi connectivity index (χ1v) is 12.0. The highest BCUT2D eigenvalue weighted by Crippen LogP contribution is 2.20. The van der Waals surface area contributed by atoms with Crippen LogP contribution in [0.25, 0.3) is 10.9 Å². The summed E-state index contributed by atoms with van der Waals surface area (Å²) in [5.74, 6) is -0.589. The van der Waals surface area contributed by atoms with Gasteiger partial charge in [-0.3, -0.25) is 9.59 Å². The molecule has 0 saturated carbocycles. The maximum absolute atomic E-state index is 13.6. The Bertz CT molecular complexity index is 1400. The first-order valence-electron chi connectivity index (χ1n) is 12.0. The van der Waals surface area contributed by atoms with E-state index in [-0.39, 0.29) is 11.8 Å². The zero-order valence-corrected chi connectivity index (χ0v) is 20.8. The number of likely N-dealkylation sites (N-methyl/N-ethyl adjacent to an activating group) is 1. The van der Waals surface area contributed by atoms with Crippen LogP contribution in [0.3, 0.4) is 0 Å². The second-order valence-corrected chi connectivity index (χ2v) is 9.25. The third-order valence-corrected chi connectivity index (χ3v) is 6.40. The summed E-state index contributed by atoms with van der Waals surface area (Å²) in [6.07, 6.45) is 2.57. The number of nitrogens with zero attached hydrogens (tertiary/aromatic N) is 2. The Morgan fingerprint density at radius 3 is 2.33 bits per heavy atom. The Morgan fingerprint density at radius 1 is 0.972 bits per heavy atom. The van der Waals surface area contributed by atoms with Crippen LogP contribution in [0, 0.1) is 25.2 Å². The van der Waals surface area contributed by atoms with Crippen LogP contribution in [0.2, 0.25) is 0 Å². The van der Waals surface area contributed by atoms with Crippen molar-refractivity contribution in [1.82, 2.24) is 15.2 Å². The molecule has 4 rings (SSSR count). The Morgan fingerprint density at radius 2 is 1.64 bits per heavy atom. The van der Waals surface area contributed by atoms with Gasteiger partial charge >= 0.3 is 0 Å². The van der Waals surface area contributed by atoms with Gasteiger partial charge in [0, 0.05) is 42.6 Å². The molecule has 0 aliphatic heterocycles. The lowest BCUT2D eigenvalue weighted by atomic mass is 10.0. The first kappa shape index (κ1) is 24.7. The third-order valence-electron chi connectivity index (χ3n) is 6.40. The van der Waals surface area contributed by atoms with Gasteiger partial charge in [0.15, 0.2) is 0 Å². The van der Waals surface area contributed by atoms with Crippen molar-refractivity contribution in [2.75, 3.05) is 7.05 Å². The van der Waals surface area contributed by atoms with Crippen molar-refractivity contribution in [1.29, 1.82) is 5.26 Å². The van der Waals surface area contributed by atoms with Crippen molar-refractivity contribution in [2.45, 2.75) is 38.8 Å². The maximum Gasteiger partial charge on any atom is 0.254 e. The van der Waals surface area contributed by atoms with E-state index < -0.39 is 12.1 Å². The van der Waals surface area contributed by atoms with Gasteiger partial charge in [0.05, 0.1) is 6.07 Å². The van der Waals surface area contributed by atoms with Gasteiger partial charge in [-0.1, -0.05) is 65.7 Å². The summed E-state index contributed by atoms with van der Waals surface area (Å²) in [5.41, 5.74) is 5.38. The Balaban J connectivity index is 1.57. The van der Waals surface area contributed by atoms with E-state index in [2.05, 4.69) is 16.4 Å². The lowest BCUT2D eigenvalue weighted by Crippen LogP contribution is -2.51. The molecule has 0 fully saturated rings. The fourth-order valence-corrected chi connectivity index (χ4v) is 4.60. The first-order chi connectivity index (χ1) is 17.4. The second kappa shape index (κ2) is 10.9. The molecule has 6 heteroatoms. The van der Waals surface area contributed by atoms with Gasteiger partial charge in [-0.15, -0.1) is 0 Å². The van der Waals surface area contributed by atoms with E-state index in [4.69, 9.17) is 0 Å². The monoisotopic (exact) mass is 478 g/mol. The molecule has 4 aromatic rings. The van der Waals surface area contributed by atoms with E-state index in [1.165, 1.54) is 4.90 Å². The van der Waals surface area contributed by atoms with Crippen LogP contribution in [-0.2, 0) is 17.6 Å². The number of aromatic nitrogens is 1. The molecule has 0 radical (unpaired) electrons. The molecule has 2 atom stereocenters. The molecule has 0 unspecified atom stereocenters. The molecule has 0 saturated heterocycles. The van der Waals surface area contributed by atoms with Crippen LogP contribution >= 0.6 is 0 Å². The van der Waals surface area contributed by atoms with E-state index in [1.54, 1.807) is 7.05 Å². The number of para-hydroxylation sites is 1. The van der Waals surface area contributed by atoms with E-state index >= 15 is 0 Å². The highest BCUT2D eigenvalue weighted by Gasteiger charge is 2.30. The van der Waals surface area contributed by atoms with Gasteiger partial charge < -0.3 is 15.2 Å². The van der Waals surface area contributed by atoms with Crippen LogP contribution in [0.1, 0.15) is 32.6 Å². The van der Waals surface area contributed by atoms with Crippen LogP contribution in [-0.4, -0.2) is 40.8 Å². The molecular weight excluding hydrogens is 448 g/mol. The van der Waals surface area contributed by atoms with Gasteiger partial charge in [-0.25, -0.2) is 0 Å². The summed E-state index contributed by atoms with van der Waals surface area (Å²) in [4.78, 5) is 31.7. The van der Waals surface area contributed by atoms with Gasteiger partial charge in [-0.05, 0) is 43.2 Å². The van der Waals surface area contributed by atoms with Crippen molar-refractivity contribution >= 4 is 22.7 Å². The summed E-state index contributed by atoms with van der Waals surface area (Å²) in [6.45, 7) is 3.89. The van der Waals surface area contributed by atoms with E-state index in [0.29, 0.717) is 18.4 Å². The Labute approximate surface area is 211 Å². The number of carbonyl (C=O) groups is 2. The molecule has 6 nitrogen and oxygen atoms in total. The van der Waals surface area contributed by atoms with Crippen molar-refractivity contribution in [3.05, 3.63) is 107 Å². The number of benzene rings is 3. The Kier molecular flexibility index (Phi) is 7.50. The summed E-state index contributed by atoms with van der Waals surface area (Å²) in [6, 6.07) is 23.8. The number of aryl methyl sites for hydroxylation is 2. The molecule has 0 bridgehead atoms. The molecule has 2 amide bonds. The smallest absolute Gasteiger partial charge is 0.254 e. The number of hydrogen-bond donors (Lipinski definition) is 2. The van der Waals surface area contributed by atoms with Gasteiger partial charge in [0.1, 0.15) is 12.1 Å². The molecule has 182 valence electrons. The third kappa shape index (κ3) is 5.64. The molecule has 1 aromatic heterocycles. The summed E-state index contributed by atoms with van der Waals surface area (Å²) < 4.78 is 0. The number of rotatable bonds is 8. The lowest BCUT2D eigenvalue weighted by molar-refractivity contribution is -0.125. The van der Waals surface area contributed by atoms with Crippen molar-refractivity contribution in [3.63, 3.8) is 0 Å². The average Bonchev–Trinajstić information content (AvgIpc) is 3.28. The number of carbonyl (C=O) groups excluding carboxylic acids is 2. The highest BCUT2D eigenvalue weighted by molar-refractivity contribution is 5.98. The van der Waals surface area contributed by atoms with Gasteiger partial charge in [-0.2, -0.15) is 5.26 Å². The fraction of sp³-hybridized carbons (Fsp3) is 0.233. The minimum absolute atomic E-state index is 0.233. The van der Waals surface area contributed by atoms with E-state index in [0.717, 1.165) is 33.2 Å². The van der Waals surface area contributed by atoms with E-state index in [1.807, 2.05) is 92.8 Å². The van der Waals surface area contributed by atoms with Crippen molar-refractivity contribution in [2.24, 2.45) is 0 Å². The molecule has 0 spiro atoms. The summed E-state index contributed by atoms with van der Waals surface area (Å²) in [5, 5.41) is 13.8. The van der Waals surface area contributed by atoms with Crippen LogP contribution in [0.15, 0.2) is 79.0 Å². The molecule has 1 heterocycles. The topological polar surface area (TPSA) is 89.0 Å². The summed E-state index contributed by atoms with van der Waals surface area (Å²) in [7, 11) is 1.65. The predicted octanol–water partition coefficient (Wildman–Crippen LogP) is 4.72. The fourth-order valence-electron chi connectivity index (χ4n) is 4.60. The largest absolute Gasteiger partial charge is 0.361 e. The number of amides is 2. The molecule has 36 heavy (non-hydrogen) atoms. The minimum Gasteiger partial charge on any atom is -0.361 e. The van der Waals surface area contributed by atoms with Gasteiger partial charge in [0.2, 0.25) is 5.91 Å². The number of H-pyrrole nitrogens is 1. The maximum atomic E-state index is 13.6. The quantitative estimate of drug-likeness (QED) is 0.384. The predicted molar refractivity (Wildman–Crippen MR) is 141 cm³/mol. The number of aromatic amines is 1. The minimum atomic E-state index is -0.778. The average molecular weight is 479 g/mol. The van der Waals surface area contributed by atoms with Crippen LogP contribution in [0.4, 0.5) is 0 Å². The second-order valence-electron chi connectivity index (χ2n) is 9.25. The number of nitriles is 1. The van der Waals surface area contributed by atoms with Crippen LogP contribution in [0.5, 0.6) is 0 Å². The zero-order chi connectivity index (χ0) is 25.7. The highest BCUT2D eigenvalue weighted by atomic mass is 16.2. The standard InChI is InChI=1S/C30H30N4O2/c1-20-13-21(2)15-23(14-20)30(36)34(3)28(16-22-9-5-4-6-10-22)29(35)33-25(18-31)17-24-19-32-27-12-8-7-11-26(24)27/h4-15,19,25,28,32H,16-17H2,1-3H3,(H,33,35)/t25-,28-/m0/s1. The number of fused-ring (bicyclic) bond motifs is 1. The van der Waals surface area contributed by atoms with Gasteiger partial charge in [0.25, 0.3) is 5.91 Å². The SMILES string of the molecule is Cc1cc(C)cc(C(=O)N(C)[C@@H](Cc2ccccc2)C(=O)N[C@H](C#N)Cc2c[nH]c3ccccc23)c1. The van der Waals surface area contributed by atoms with Crippen molar-refractivity contribution in [3.8, 4) is 6.07 Å². The molecule has 0 aliphatic rings. The summed E-state index contributed by atoms with van der Waals surface area (Å²) >= 11 is 0. The van der Waals surface area contributed by atoms with Crippen LogP contribution < -0.4 is 5.32 Å². The normalized spacial score (nSPS) is 12.5. The van der Waals surface area contributed by atoms with E-state index in [9.17, 15) is 14.9 Å². The Hall–Kier alpha value is -4.37. The molecular formula is C30H30N4O2. The zero-order valence-electron chi connectivity index (χ0n) is 20.8. The molecule has 0 aliphatic carbocycles. The molecule has 3 aromatic carbocycles. The molecule has 2 N–H and O–H groups in total. The lowest BCUT2D eigenvalue weighted by Gasteiger charge is -2.28.